The zero-order valence-corrected chi connectivity index (χ0v) is 9.18. The average Bonchev–Trinajstić information content (AvgIpc) is 2.10. The van der Waals surface area contributed by atoms with E-state index in [2.05, 4.69) is 6.58 Å². The van der Waals surface area contributed by atoms with Crippen LogP contribution >= 0.6 is 24.0 Å². The van der Waals surface area contributed by atoms with Gasteiger partial charge in [-0.1, -0.05) is 23.7 Å². The van der Waals surface area contributed by atoms with Crippen LogP contribution in [-0.4, -0.2) is 5.11 Å². The molecule has 0 saturated heterocycles. The first kappa shape index (κ1) is 13.3. The predicted octanol–water partition coefficient (Wildman–Crippen LogP) is 3.04. The summed E-state index contributed by atoms with van der Waals surface area (Å²) in [5.41, 5.74) is 6.72. The van der Waals surface area contributed by atoms with E-state index < -0.39 is 0 Å². The van der Waals surface area contributed by atoms with E-state index in [1.807, 2.05) is 0 Å². The van der Waals surface area contributed by atoms with E-state index in [1.54, 1.807) is 24.3 Å². The smallest absolute Gasteiger partial charge is 0.134 e. The van der Waals surface area contributed by atoms with E-state index in [0.717, 1.165) is 5.56 Å². The summed E-state index contributed by atoms with van der Waals surface area (Å²) in [6.45, 7) is 3.60. The monoisotopic (exact) mass is 233 g/mol. The number of phenolic OH excluding ortho intramolecular Hbond substituents is 1. The quantitative estimate of drug-likeness (QED) is 0.789. The molecule has 0 amide bonds. The van der Waals surface area contributed by atoms with Crippen molar-refractivity contribution in [2.24, 2.45) is 5.73 Å². The third-order valence-corrected chi connectivity index (χ3v) is 2.12. The molecule has 0 aromatic heterocycles. The molecule has 1 rings (SSSR count). The summed E-state index contributed by atoms with van der Waals surface area (Å²) < 4.78 is 0. The molecular formula is C10H13Cl2NO. The van der Waals surface area contributed by atoms with Crippen molar-refractivity contribution in [1.82, 2.24) is 0 Å². The van der Waals surface area contributed by atoms with Gasteiger partial charge in [-0.3, -0.25) is 0 Å². The Hall–Kier alpha value is -0.700. The fourth-order valence-electron chi connectivity index (χ4n) is 1.07. The minimum absolute atomic E-state index is 0. The van der Waals surface area contributed by atoms with Gasteiger partial charge in [-0.25, -0.2) is 0 Å². The van der Waals surface area contributed by atoms with Crippen LogP contribution in [0.25, 0.3) is 0 Å². The van der Waals surface area contributed by atoms with Crippen LogP contribution in [0.15, 0.2) is 30.9 Å². The molecule has 14 heavy (non-hydrogen) atoms. The van der Waals surface area contributed by atoms with Gasteiger partial charge >= 0.3 is 0 Å². The summed E-state index contributed by atoms with van der Waals surface area (Å²) in [4.78, 5) is 0. The lowest BCUT2D eigenvalue weighted by Gasteiger charge is -2.09. The van der Waals surface area contributed by atoms with Crippen molar-refractivity contribution in [2.75, 3.05) is 0 Å². The van der Waals surface area contributed by atoms with Crippen LogP contribution in [0.3, 0.4) is 0 Å². The molecule has 0 aliphatic carbocycles. The molecule has 0 radical (unpaired) electrons. The van der Waals surface area contributed by atoms with Gasteiger partial charge in [0.15, 0.2) is 0 Å². The third kappa shape index (κ3) is 3.22. The Morgan fingerprint density at radius 3 is 2.71 bits per heavy atom. The van der Waals surface area contributed by atoms with Crippen molar-refractivity contribution in [3.63, 3.8) is 0 Å². The highest BCUT2D eigenvalue weighted by Gasteiger charge is 2.06. The van der Waals surface area contributed by atoms with Crippen molar-refractivity contribution in [3.05, 3.63) is 41.4 Å². The van der Waals surface area contributed by atoms with Gasteiger partial charge in [0.05, 0.1) is 5.02 Å². The first-order valence-corrected chi connectivity index (χ1v) is 4.38. The minimum Gasteiger partial charge on any atom is -0.506 e. The normalized spacial score (nSPS) is 11.6. The Morgan fingerprint density at radius 2 is 2.21 bits per heavy atom. The van der Waals surface area contributed by atoms with Crippen LogP contribution in [0.2, 0.25) is 5.02 Å². The number of aromatic hydroxyl groups is 1. The highest BCUT2D eigenvalue weighted by molar-refractivity contribution is 6.32. The van der Waals surface area contributed by atoms with Gasteiger partial charge in [0, 0.05) is 6.04 Å². The lowest BCUT2D eigenvalue weighted by atomic mass is 10.0. The first-order chi connectivity index (χ1) is 6.15. The van der Waals surface area contributed by atoms with Crippen LogP contribution in [0.4, 0.5) is 0 Å². The molecule has 1 aromatic carbocycles. The summed E-state index contributed by atoms with van der Waals surface area (Å²) in [6.07, 6.45) is 2.45. The van der Waals surface area contributed by atoms with Crippen LogP contribution < -0.4 is 5.73 Å². The second kappa shape index (κ2) is 5.91. The minimum atomic E-state index is -0.101. The van der Waals surface area contributed by atoms with Crippen molar-refractivity contribution < 1.29 is 5.11 Å². The van der Waals surface area contributed by atoms with Gasteiger partial charge in [0.25, 0.3) is 0 Å². The Bertz CT molecular complexity index is 315. The number of rotatable bonds is 3. The van der Waals surface area contributed by atoms with E-state index in [4.69, 9.17) is 22.4 Å². The molecule has 0 aliphatic rings. The highest BCUT2D eigenvalue weighted by Crippen LogP contribution is 2.26. The molecular weight excluding hydrogens is 221 g/mol. The van der Waals surface area contributed by atoms with Crippen LogP contribution in [0.5, 0.6) is 5.75 Å². The van der Waals surface area contributed by atoms with Gasteiger partial charge in [0.1, 0.15) is 5.75 Å². The van der Waals surface area contributed by atoms with Crippen LogP contribution in [-0.2, 0) is 0 Å². The fourth-order valence-corrected chi connectivity index (χ4v) is 1.26. The Morgan fingerprint density at radius 1 is 1.57 bits per heavy atom. The molecule has 0 bridgehead atoms. The van der Waals surface area contributed by atoms with E-state index in [1.165, 1.54) is 0 Å². The van der Waals surface area contributed by atoms with E-state index in [9.17, 15) is 0 Å². The van der Waals surface area contributed by atoms with Crippen molar-refractivity contribution >= 4 is 24.0 Å². The van der Waals surface area contributed by atoms with Crippen molar-refractivity contribution in [1.29, 1.82) is 0 Å². The number of hydrogen-bond donors (Lipinski definition) is 2. The number of halogens is 2. The van der Waals surface area contributed by atoms with Crippen molar-refractivity contribution in [3.8, 4) is 5.75 Å². The lowest BCUT2D eigenvalue weighted by molar-refractivity contribution is 0.475. The summed E-state index contributed by atoms with van der Waals surface area (Å²) >= 11 is 5.73. The zero-order valence-electron chi connectivity index (χ0n) is 7.61. The molecule has 78 valence electrons. The molecule has 4 heteroatoms. The standard InChI is InChI=1S/C10H12ClNO.ClH/c1-2-3-9(12)7-4-5-10(13)8(11)6-7;/h2,4-6,9,13H,1,3,12H2;1H/t9-;/m0./s1. The second-order valence-electron chi connectivity index (χ2n) is 2.84. The second-order valence-corrected chi connectivity index (χ2v) is 3.25. The maximum atomic E-state index is 9.16. The maximum absolute atomic E-state index is 9.16. The molecule has 3 N–H and O–H groups in total. The molecule has 1 aromatic rings. The van der Waals surface area contributed by atoms with Gasteiger partial charge < -0.3 is 10.8 Å². The third-order valence-electron chi connectivity index (χ3n) is 1.82. The average molecular weight is 234 g/mol. The van der Waals surface area contributed by atoms with Gasteiger partial charge in [-0.15, -0.1) is 19.0 Å². The first-order valence-electron chi connectivity index (χ1n) is 4.00. The van der Waals surface area contributed by atoms with E-state index in [-0.39, 0.29) is 24.2 Å². The summed E-state index contributed by atoms with van der Waals surface area (Å²) in [5, 5.41) is 9.49. The molecule has 1 atom stereocenters. The van der Waals surface area contributed by atoms with Crippen LogP contribution in [0.1, 0.15) is 18.0 Å². The van der Waals surface area contributed by atoms with E-state index >= 15 is 0 Å². The molecule has 2 nitrogen and oxygen atoms in total. The van der Waals surface area contributed by atoms with Gasteiger partial charge in [-0.05, 0) is 24.1 Å². The SMILES string of the molecule is C=CC[C@H](N)c1ccc(O)c(Cl)c1.Cl. The molecule has 0 saturated carbocycles. The Balaban J connectivity index is 0.00000169. The molecule has 0 heterocycles. The summed E-state index contributed by atoms with van der Waals surface area (Å²) in [7, 11) is 0. The molecule has 0 spiro atoms. The number of nitrogens with two attached hydrogens (primary N) is 1. The lowest BCUT2D eigenvalue weighted by Crippen LogP contribution is -2.08. The summed E-state index contributed by atoms with van der Waals surface area (Å²) in [5.74, 6) is 0.0798. The van der Waals surface area contributed by atoms with Crippen molar-refractivity contribution in [2.45, 2.75) is 12.5 Å². The Labute approximate surface area is 94.8 Å². The van der Waals surface area contributed by atoms with Gasteiger partial charge in [0.2, 0.25) is 0 Å². The number of phenols is 1. The zero-order chi connectivity index (χ0) is 9.84. The largest absolute Gasteiger partial charge is 0.506 e. The van der Waals surface area contributed by atoms with Crippen LogP contribution in [0, 0.1) is 0 Å². The highest BCUT2D eigenvalue weighted by atomic mass is 35.5. The predicted molar refractivity (Wildman–Crippen MR) is 62.1 cm³/mol. The van der Waals surface area contributed by atoms with E-state index in [0.29, 0.717) is 11.4 Å². The molecule has 0 aliphatic heterocycles. The fraction of sp³-hybridized carbons (Fsp3) is 0.200. The topological polar surface area (TPSA) is 46.2 Å². The number of benzene rings is 1. The Kier molecular flexibility index (Phi) is 5.62. The van der Waals surface area contributed by atoms with Gasteiger partial charge in [-0.2, -0.15) is 0 Å². The molecule has 0 unspecified atom stereocenters. The molecule has 0 fully saturated rings. The summed E-state index contributed by atoms with van der Waals surface area (Å²) in [6, 6.07) is 4.87. The maximum Gasteiger partial charge on any atom is 0.134 e. The number of hydrogen-bond acceptors (Lipinski definition) is 2.